The van der Waals surface area contributed by atoms with Crippen molar-refractivity contribution in [2.45, 2.75) is 13.3 Å². The number of rotatable bonds is 4. The second-order valence-corrected chi connectivity index (χ2v) is 6.65. The first-order valence-corrected chi connectivity index (χ1v) is 9.17. The molecule has 3 aromatic heterocycles. The van der Waals surface area contributed by atoms with E-state index in [4.69, 9.17) is 10.5 Å². The quantitative estimate of drug-likeness (QED) is 0.487. The highest BCUT2D eigenvalue weighted by atomic mass is 16.5. The highest BCUT2D eigenvalue weighted by Crippen LogP contribution is 2.40. The number of methoxy groups -OCH3 is 1. The molecule has 3 heterocycles. The second kappa shape index (κ2) is 6.55. The van der Waals surface area contributed by atoms with Crippen molar-refractivity contribution in [2.24, 2.45) is 0 Å². The van der Waals surface area contributed by atoms with Crippen LogP contribution in [0.1, 0.15) is 12.5 Å². The first-order chi connectivity index (χ1) is 14.2. The highest BCUT2D eigenvalue weighted by molar-refractivity contribution is 6.02. The van der Waals surface area contributed by atoms with Gasteiger partial charge in [-0.15, -0.1) is 5.10 Å². The number of hydrogen-bond donors (Lipinski definition) is 2. The topological polar surface area (TPSA) is 120 Å². The SMILES string of the molecule is CCc1ccc2c(-c3cnc4c(-c5nnn[nH]5)cnn4c3N)c(OC)ccc2c1. The molecule has 0 aliphatic heterocycles. The number of nitrogen functional groups attached to an aromatic ring is 1. The summed E-state index contributed by atoms with van der Waals surface area (Å²) in [6.07, 6.45) is 4.35. The van der Waals surface area contributed by atoms with Crippen LogP contribution in [0.15, 0.2) is 42.7 Å². The molecule has 0 spiro atoms. The molecular weight excluding hydrogens is 368 g/mol. The molecule has 0 bridgehead atoms. The fourth-order valence-corrected chi connectivity index (χ4v) is 3.61. The molecule has 5 aromatic rings. The van der Waals surface area contributed by atoms with Gasteiger partial charge >= 0.3 is 0 Å². The first-order valence-electron chi connectivity index (χ1n) is 9.17. The molecule has 0 radical (unpaired) electrons. The number of nitrogens with zero attached hydrogens (tertiary/aromatic N) is 6. The van der Waals surface area contributed by atoms with E-state index in [0.29, 0.717) is 22.9 Å². The Morgan fingerprint density at radius 2 is 2.03 bits per heavy atom. The van der Waals surface area contributed by atoms with Crippen LogP contribution in [-0.4, -0.2) is 42.3 Å². The lowest BCUT2D eigenvalue weighted by Crippen LogP contribution is -2.04. The van der Waals surface area contributed by atoms with E-state index < -0.39 is 0 Å². The average Bonchev–Trinajstić information content (AvgIpc) is 3.43. The van der Waals surface area contributed by atoms with Gasteiger partial charge in [-0.1, -0.05) is 31.2 Å². The predicted molar refractivity (Wildman–Crippen MR) is 109 cm³/mol. The molecule has 9 nitrogen and oxygen atoms in total. The van der Waals surface area contributed by atoms with Crippen molar-refractivity contribution >= 4 is 22.2 Å². The monoisotopic (exact) mass is 386 g/mol. The minimum Gasteiger partial charge on any atom is -0.496 e. The molecule has 0 saturated heterocycles. The lowest BCUT2D eigenvalue weighted by atomic mass is 9.96. The van der Waals surface area contributed by atoms with Crippen LogP contribution < -0.4 is 10.5 Å². The van der Waals surface area contributed by atoms with E-state index in [1.807, 2.05) is 6.07 Å². The summed E-state index contributed by atoms with van der Waals surface area (Å²) in [4.78, 5) is 4.60. The van der Waals surface area contributed by atoms with Crippen molar-refractivity contribution in [1.29, 1.82) is 0 Å². The third-order valence-corrected chi connectivity index (χ3v) is 5.11. The van der Waals surface area contributed by atoms with Gasteiger partial charge in [-0.05, 0) is 39.2 Å². The van der Waals surface area contributed by atoms with Gasteiger partial charge in [0.25, 0.3) is 0 Å². The molecule has 0 unspecified atom stereocenters. The molecule has 0 saturated carbocycles. The number of aryl methyl sites for hydroxylation is 1. The van der Waals surface area contributed by atoms with Gasteiger partial charge in [0.15, 0.2) is 11.5 Å². The summed E-state index contributed by atoms with van der Waals surface area (Å²) in [5.74, 6) is 1.66. The third kappa shape index (κ3) is 2.59. The Bertz CT molecular complexity index is 1340. The van der Waals surface area contributed by atoms with Gasteiger partial charge < -0.3 is 10.5 Å². The number of nitrogens with two attached hydrogens (primary N) is 1. The molecule has 0 aliphatic rings. The number of aromatic nitrogens is 7. The Morgan fingerprint density at radius 1 is 1.14 bits per heavy atom. The van der Waals surface area contributed by atoms with Crippen LogP contribution in [0.2, 0.25) is 0 Å². The summed E-state index contributed by atoms with van der Waals surface area (Å²) in [5, 5.41) is 20.4. The number of H-pyrrole nitrogens is 1. The van der Waals surface area contributed by atoms with Gasteiger partial charge in [0.05, 0.1) is 18.9 Å². The molecule has 3 N–H and O–H groups in total. The maximum atomic E-state index is 6.53. The maximum absolute atomic E-state index is 6.53. The minimum atomic E-state index is 0.457. The van der Waals surface area contributed by atoms with E-state index >= 15 is 0 Å². The largest absolute Gasteiger partial charge is 0.496 e. The number of aromatic amines is 1. The van der Waals surface area contributed by atoms with Gasteiger partial charge in [-0.25, -0.2) is 10.1 Å². The van der Waals surface area contributed by atoms with Crippen molar-refractivity contribution < 1.29 is 4.74 Å². The van der Waals surface area contributed by atoms with Gasteiger partial charge in [-0.3, -0.25) is 0 Å². The van der Waals surface area contributed by atoms with E-state index in [1.165, 1.54) is 5.56 Å². The normalized spacial score (nSPS) is 11.4. The lowest BCUT2D eigenvalue weighted by molar-refractivity contribution is 0.417. The number of ether oxygens (including phenoxy) is 1. The Morgan fingerprint density at radius 3 is 2.79 bits per heavy atom. The van der Waals surface area contributed by atoms with E-state index in [9.17, 15) is 0 Å². The number of anilines is 1. The van der Waals surface area contributed by atoms with Crippen LogP contribution in [0.3, 0.4) is 0 Å². The van der Waals surface area contributed by atoms with E-state index in [2.05, 4.69) is 61.9 Å². The molecular formula is C20H18N8O. The van der Waals surface area contributed by atoms with Gasteiger partial charge in [0.1, 0.15) is 11.6 Å². The zero-order valence-corrected chi connectivity index (χ0v) is 15.9. The summed E-state index contributed by atoms with van der Waals surface area (Å²) in [6, 6.07) is 10.4. The minimum absolute atomic E-state index is 0.457. The Hall–Kier alpha value is -4.01. The summed E-state index contributed by atoms with van der Waals surface area (Å²) in [7, 11) is 1.65. The van der Waals surface area contributed by atoms with Crippen LogP contribution in [0.5, 0.6) is 5.75 Å². The molecule has 5 rings (SSSR count). The predicted octanol–water partition coefficient (Wildman–Crippen LogP) is 2.88. The number of tetrazole rings is 1. The number of fused-ring (bicyclic) bond motifs is 2. The van der Waals surface area contributed by atoms with Crippen molar-refractivity contribution in [3.63, 3.8) is 0 Å². The van der Waals surface area contributed by atoms with Crippen molar-refractivity contribution in [3.05, 3.63) is 48.3 Å². The smallest absolute Gasteiger partial charge is 0.184 e. The molecule has 2 aromatic carbocycles. The number of hydrogen-bond acceptors (Lipinski definition) is 7. The van der Waals surface area contributed by atoms with E-state index in [0.717, 1.165) is 34.1 Å². The molecule has 29 heavy (non-hydrogen) atoms. The molecule has 0 amide bonds. The van der Waals surface area contributed by atoms with Crippen molar-refractivity contribution in [3.8, 4) is 28.3 Å². The van der Waals surface area contributed by atoms with Crippen LogP contribution in [0.4, 0.5) is 5.82 Å². The zero-order valence-electron chi connectivity index (χ0n) is 15.9. The lowest BCUT2D eigenvalue weighted by Gasteiger charge is -2.15. The summed E-state index contributed by atoms with van der Waals surface area (Å²) in [6.45, 7) is 2.14. The van der Waals surface area contributed by atoms with Gasteiger partial charge in [0.2, 0.25) is 0 Å². The summed E-state index contributed by atoms with van der Waals surface area (Å²) in [5.41, 5.74) is 10.7. The number of nitrogens with one attached hydrogen (secondary N) is 1. The van der Waals surface area contributed by atoms with Crippen LogP contribution >= 0.6 is 0 Å². The fourth-order valence-electron chi connectivity index (χ4n) is 3.61. The Kier molecular flexibility index (Phi) is 3.87. The summed E-state index contributed by atoms with van der Waals surface area (Å²) >= 11 is 0. The molecule has 0 atom stereocenters. The van der Waals surface area contributed by atoms with Crippen LogP contribution in [-0.2, 0) is 6.42 Å². The van der Waals surface area contributed by atoms with Crippen LogP contribution in [0.25, 0.3) is 38.9 Å². The van der Waals surface area contributed by atoms with E-state index in [-0.39, 0.29) is 0 Å². The van der Waals surface area contributed by atoms with Gasteiger partial charge in [0, 0.05) is 17.3 Å². The number of benzene rings is 2. The van der Waals surface area contributed by atoms with Gasteiger partial charge in [-0.2, -0.15) is 9.61 Å². The Balaban J connectivity index is 1.77. The molecule has 144 valence electrons. The Labute approximate surface area is 165 Å². The molecule has 0 fully saturated rings. The molecule has 9 heteroatoms. The maximum Gasteiger partial charge on any atom is 0.184 e. The second-order valence-electron chi connectivity index (χ2n) is 6.65. The highest BCUT2D eigenvalue weighted by Gasteiger charge is 2.19. The fraction of sp³-hybridized carbons (Fsp3) is 0.150. The van der Waals surface area contributed by atoms with Crippen LogP contribution in [0, 0.1) is 0 Å². The van der Waals surface area contributed by atoms with Crippen molar-refractivity contribution in [2.75, 3.05) is 12.8 Å². The third-order valence-electron chi connectivity index (χ3n) is 5.11. The summed E-state index contributed by atoms with van der Waals surface area (Å²) < 4.78 is 7.24. The standard InChI is InChI=1S/C20H18N8O/c1-3-11-4-6-13-12(8-11)5-7-16(29-2)17(13)14-9-22-20-15(19-24-26-27-25-19)10-23-28(20)18(14)21/h4-10H,3,21H2,1-2H3,(H,24,25,26,27). The first kappa shape index (κ1) is 17.1. The average molecular weight is 386 g/mol. The van der Waals surface area contributed by atoms with Crippen molar-refractivity contribution in [1.82, 2.24) is 35.2 Å². The molecule has 0 aliphatic carbocycles. The zero-order chi connectivity index (χ0) is 20.0. The van der Waals surface area contributed by atoms with E-state index in [1.54, 1.807) is 24.0 Å².